The van der Waals surface area contributed by atoms with Crippen molar-refractivity contribution in [1.82, 2.24) is 4.90 Å². The van der Waals surface area contributed by atoms with Crippen molar-refractivity contribution in [2.45, 2.75) is 6.04 Å². The first kappa shape index (κ1) is 10.4. The number of thiophene rings is 1. The maximum Gasteiger partial charge on any atom is 0.0931 e. The van der Waals surface area contributed by atoms with Crippen LogP contribution in [-0.2, 0) is 0 Å². The topological polar surface area (TPSA) is 3.24 Å². The van der Waals surface area contributed by atoms with Crippen molar-refractivity contribution in [2.75, 3.05) is 19.8 Å². The van der Waals surface area contributed by atoms with Crippen molar-refractivity contribution in [3.8, 4) is 0 Å². The van der Waals surface area contributed by atoms with E-state index in [1.807, 2.05) is 6.07 Å². The first-order chi connectivity index (χ1) is 5.65. The molecule has 4 heteroatoms. The second kappa shape index (κ2) is 4.51. The van der Waals surface area contributed by atoms with Crippen molar-refractivity contribution < 1.29 is 0 Å². The quantitative estimate of drug-likeness (QED) is 0.769. The fourth-order valence-electron chi connectivity index (χ4n) is 1.02. The Balaban J connectivity index is 2.80. The third-order valence-corrected chi connectivity index (χ3v) is 3.40. The van der Waals surface area contributed by atoms with Crippen LogP contribution in [0.25, 0.3) is 0 Å². The molecule has 1 rings (SSSR count). The molecule has 1 nitrogen and oxygen atoms in total. The number of hydrogen-bond acceptors (Lipinski definition) is 3. The van der Waals surface area contributed by atoms with E-state index in [-0.39, 0.29) is 0 Å². The van der Waals surface area contributed by atoms with Crippen molar-refractivity contribution >= 4 is 35.6 Å². The molecule has 0 saturated heterocycles. The summed E-state index contributed by atoms with van der Waals surface area (Å²) in [5.74, 6) is 0.823. The molecular formula is C8H12ClNS2. The van der Waals surface area contributed by atoms with Crippen LogP contribution in [0.1, 0.15) is 10.9 Å². The van der Waals surface area contributed by atoms with Crippen LogP contribution < -0.4 is 0 Å². The third kappa shape index (κ3) is 2.39. The normalized spacial score (nSPS) is 13.8. The average molecular weight is 222 g/mol. The van der Waals surface area contributed by atoms with Gasteiger partial charge in [-0.15, -0.1) is 11.3 Å². The second-order valence-corrected chi connectivity index (χ2v) is 4.92. The van der Waals surface area contributed by atoms with Crippen molar-refractivity contribution in [1.29, 1.82) is 0 Å². The SMILES string of the molecule is CN(C)C(CS)c1ccc(Cl)s1. The van der Waals surface area contributed by atoms with Crippen LogP contribution >= 0.6 is 35.6 Å². The van der Waals surface area contributed by atoms with E-state index >= 15 is 0 Å². The highest BCUT2D eigenvalue weighted by molar-refractivity contribution is 7.80. The van der Waals surface area contributed by atoms with Gasteiger partial charge in [0.1, 0.15) is 0 Å². The molecule has 0 aliphatic rings. The Bertz CT molecular complexity index is 247. The first-order valence-corrected chi connectivity index (χ1v) is 5.50. The molecular weight excluding hydrogens is 210 g/mol. The molecule has 0 bridgehead atoms. The maximum atomic E-state index is 5.84. The minimum Gasteiger partial charge on any atom is -0.301 e. The number of nitrogens with zero attached hydrogens (tertiary/aromatic N) is 1. The fourth-order valence-corrected chi connectivity index (χ4v) is 2.92. The lowest BCUT2D eigenvalue weighted by atomic mass is 10.2. The van der Waals surface area contributed by atoms with E-state index in [0.717, 1.165) is 10.1 Å². The van der Waals surface area contributed by atoms with Gasteiger partial charge in [0.15, 0.2) is 0 Å². The van der Waals surface area contributed by atoms with Gasteiger partial charge in [0, 0.05) is 10.6 Å². The number of rotatable bonds is 3. The Morgan fingerprint density at radius 1 is 1.58 bits per heavy atom. The summed E-state index contributed by atoms with van der Waals surface area (Å²) < 4.78 is 0.846. The second-order valence-electron chi connectivity index (χ2n) is 2.80. The largest absolute Gasteiger partial charge is 0.301 e. The molecule has 68 valence electrons. The van der Waals surface area contributed by atoms with Gasteiger partial charge >= 0.3 is 0 Å². The van der Waals surface area contributed by atoms with Crippen molar-refractivity contribution in [3.05, 3.63) is 21.3 Å². The summed E-state index contributed by atoms with van der Waals surface area (Å²) >= 11 is 11.8. The predicted octanol–water partition coefficient (Wildman–Crippen LogP) is 2.93. The number of thiol groups is 1. The summed E-state index contributed by atoms with van der Waals surface area (Å²) in [5, 5.41) is 0. The molecule has 1 aromatic rings. The zero-order chi connectivity index (χ0) is 9.14. The van der Waals surface area contributed by atoms with Gasteiger partial charge in [0.2, 0.25) is 0 Å². The number of hydrogen-bond donors (Lipinski definition) is 1. The summed E-state index contributed by atoms with van der Waals surface area (Å²) in [7, 11) is 4.10. The molecule has 1 unspecified atom stereocenters. The van der Waals surface area contributed by atoms with Crippen LogP contribution in [0.15, 0.2) is 12.1 Å². The molecule has 0 aromatic carbocycles. The van der Waals surface area contributed by atoms with Crippen LogP contribution in [0.3, 0.4) is 0 Å². The number of halogens is 1. The van der Waals surface area contributed by atoms with E-state index in [9.17, 15) is 0 Å². The summed E-state index contributed by atoms with van der Waals surface area (Å²) in [6.45, 7) is 0. The zero-order valence-electron chi connectivity index (χ0n) is 7.12. The van der Waals surface area contributed by atoms with Gasteiger partial charge in [-0.1, -0.05) is 11.6 Å². The molecule has 0 saturated carbocycles. The van der Waals surface area contributed by atoms with Gasteiger partial charge < -0.3 is 4.90 Å². The summed E-state index contributed by atoms with van der Waals surface area (Å²) in [6, 6.07) is 4.38. The van der Waals surface area contributed by atoms with E-state index in [0.29, 0.717) is 6.04 Å². The molecule has 0 spiro atoms. The molecule has 1 aromatic heterocycles. The van der Waals surface area contributed by atoms with E-state index in [4.69, 9.17) is 11.6 Å². The zero-order valence-corrected chi connectivity index (χ0v) is 9.59. The van der Waals surface area contributed by atoms with Crippen molar-refractivity contribution in [2.24, 2.45) is 0 Å². The maximum absolute atomic E-state index is 5.84. The summed E-state index contributed by atoms with van der Waals surface area (Å²) in [4.78, 5) is 3.43. The highest BCUT2D eigenvalue weighted by Crippen LogP contribution is 2.29. The van der Waals surface area contributed by atoms with Crippen LogP contribution in [0.5, 0.6) is 0 Å². The Hall–Kier alpha value is 0.300. The van der Waals surface area contributed by atoms with Crippen molar-refractivity contribution in [3.63, 3.8) is 0 Å². The lowest BCUT2D eigenvalue weighted by molar-refractivity contribution is 0.331. The van der Waals surface area contributed by atoms with E-state index < -0.39 is 0 Å². The lowest BCUT2D eigenvalue weighted by Gasteiger charge is -2.20. The van der Waals surface area contributed by atoms with Crippen LogP contribution in [0, 0.1) is 0 Å². The van der Waals surface area contributed by atoms with Gasteiger partial charge in [0.25, 0.3) is 0 Å². The van der Waals surface area contributed by atoms with E-state index in [1.165, 1.54) is 4.88 Å². The summed E-state index contributed by atoms with van der Waals surface area (Å²) in [6.07, 6.45) is 0. The highest BCUT2D eigenvalue weighted by atomic mass is 35.5. The van der Waals surface area contributed by atoms with Gasteiger partial charge in [-0.05, 0) is 26.2 Å². The Morgan fingerprint density at radius 3 is 2.58 bits per heavy atom. The third-order valence-electron chi connectivity index (χ3n) is 1.72. The van der Waals surface area contributed by atoms with Crippen LogP contribution in [-0.4, -0.2) is 24.7 Å². The molecule has 12 heavy (non-hydrogen) atoms. The lowest BCUT2D eigenvalue weighted by Crippen LogP contribution is -2.20. The standard InChI is InChI=1S/C8H12ClNS2/c1-10(2)6(5-11)7-3-4-8(9)12-7/h3-4,6,11H,5H2,1-2H3. The fraction of sp³-hybridized carbons (Fsp3) is 0.500. The smallest absolute Gasteiger partial charge is 0.0931 e. The van der Waals surface area contributed by atoms with Gasteiger partial charge in [-0.3, -0.25) is 0 Å². The molecule has 0 N–H and O–H groups in total. The first-order valence-electron chi connectivity index (χ1n) is 3.67. The molecule has 0 fully saturated rings. The Kier molecular flexibility index (Phi) is 3.90. The molecule has 0 aliphatic carbocycles. The van der Waals surface area contributed by atoms with Gasteiger partial charge in [0.05, 0.1) is 10.4 Å². The molecule has 1 heterocycles. The van der Waals surface area contributed by atoms with Crippen LogP contribution in [0.2, 0.25) is 4.34 Å². The summed E-state index contributed by atoms with van der Waals surface area (Å²) in [5.41, 5.74) is 0. The van der Waals surface area contributed by atoms with Crippen LogP contribution in [0.4, 0.5) is 0 Å². The average Bonchev–Trinajstić information content (AvgIpc) is 2.37. The molecule has 0 radical (unpaired) electrons. The Morgan fingerprint density at radius 2 is 2.25 bits per heavy atom. The van der Waals surface area contributed by atoms with Gasteiger partial charge in [-0.2, -0.15) is 12.6 Å². The minimum atomic E-state index is 0.380. The van der Waals surface area contributed by atoms with Gasteiger partial charge in [-0.25, -0.2) is 0 Å². The van der Waals surface area contributed by atoms with E-state index in [2.05, 4.69) is 37.7 Å². The van der Waals surface area contributed by atoms with E-state index in [1.54, 1.807) is 11.3 Å². The highest BCUT2D eigenvalue weighted by Gasteiger charge is 2.13. The predicted molar refractivity (Wildman–Crippen MR) is 59.6 cm³/mol. The molecule has 0 amide bonds. The Labute approximate surface area is 87.7 Å². The monoisotopic (exact) mass is 221 g/mol. The molecule has 1 atom stereocenters. The molecule has 0 aliphatic heterocycles. The minimum absolute atomic E-state index is 0.380.